The largest absolute Gasteiger partial charge is 0.394 e. The van der Waals surface area contributed by atoms with Crippen molar-refractivity contribution in [3.63, 3.8) is 0 Å². The van der Waals surface area contributed by atoms with E-state index in [2.05, 4.69) is 56.5 Å². The molecular formula is C28H48N4O4. The minimum atomic E-state index is -0.796. The molecule has 0 radical (unpaired) electrons. The van der Waals surface area contributed by atoms with Crippen molar-refractivity contribution in [2.45, 2.75) is 84.2 Å². The van der Waals surface area contributed by atoms with Gasteiger partial charge in [0.2, 0.25) is 5.91 Å². The zero-order chi connectivity index (χ0) is 26.5. The van der Waals surface area contributed by atoms with Crippen molar-refractivity contribution in [2.24, 2.45) is 17.3 Å². The van der Waals surface area contributed by atoms with Gasteiger partial charge in [-0.05, 0) is 82.3 Å². The number of benzene rings is 1. The maximum atomic E-state index is 13.7. The average Bonchev–Trinajstić information content (AvgIpc) is 3.17. The van der Waals surface area contributed by atoms with Gasteiger partial charge in [0.05, 0.1) is 19.3 Å². The van der Waals surface area contributed by atoms with Crippen LogP contribution in [0.2, 0.25) is 0 Å². The zero-order valence-corrected chi connectivity index (χ0v) is 23.0. The highest BCUT2D eigenvalue weighted by molar-refractivity contribution is 5.82. The number of hydrogen-bond acceptors (Lipinski definition) is 7. The van der Waals surface area contributed by atoms with Crippen LogP contribution in [-0.2, 0) is 16.2 Å². The Kier molecular flexibility index (Phi) is 10.2. The van der Waals surface area contributed by atoms with Crippen molar-refractivity contribution in [3.8, 4) is 0 Å². The number of nitrogens with zero attached hydrogens (tertiary/aromatic N) is 2. The van der Waals surface area contributed by atoms with Crippen molar-refractivity contribution >= 4 is 11.6 Å². The van der Waals surface area contributed by atoms with Crippen LogP contribution in [0.1, 0.15) is 58.9 Å². The second kappa shape index (κ2) is 12.7. The SMILES string of the molecule is CC1CC(C)(C)CCC1NC(=O)[C@@H]1[C@H]([C@H](C)O)[C@H](CO)ON1Cc1cccc(NCCCN(C)C)c1. The molecule has 1 saturated heterocycles. The Balaban J connectivity index is 1.72. The van der Waals surface area contributed by atoms with Gasteiger partial charge in [-0.25, -0.2) is 0 Å². The lowest BCUT2D eigenvalue weighted by atomic mass is 9.70. The molecule has 1 aliphatic heterocycles. The summed E-state index contributed by atoms with van der Waals surface area (Å²) in [6.45, 7) is 10.5. The second-order valence-corrected chi connectivity index (χ2v) is 11.9. The van der Waals surface area contributed by atoms with Gasteiger partial charge in [0, 0.05) is 24.2 Å². The fraction of sp³-hybridized carbons (Fsp3) is 0.750. The van der Waals surface area contributed by atoms with Gasteiger partial charge in [0.25, 0.3) is 0 Å². The van der Waals surface area contributed by atoms with E-state index in [-0.39, 0.29) is 18.6 Å². The highest BCUT2D eigenvalue weighted by atomic mass is 16.7. The Hall–Kier alpha value is -1.71. The van der Waals surface area contributed by atoms with Gasteiger partial charge >= 0.3 is 0 Å². The van der Waals surface area contributed by atoms with Crippen LogP contribution in [0, 0.1) is 17.3 Å². The standard InChI is InChI=1S/C28H48N4O4/c1-19-16-28(3,4)12-11-23(19)30-27(35)26-25(20(2)34)24(18-33)36-32(26)17-21-9-7-10-22(15-21)29-13-8-14-31(5)6/h7,9-10,15,19-20,23-26,29,33-34H,8,11-14,16-18H2,1-6H3,(H,30,35)/t19?,20-,23?,24-,25+,26-/m0/s1. The first-order chi connectivity index (χ1) is 17.0. The van der Waals surface area contributed by atoms with Gasteiger partial charge in [-0.2, -0.15) is 5.06 Å². The van der Waals surface area contributed by atoms with E-state index in [1.165, 1.54) is 0 Å². The normalized spacial score (nSPS) is 29.3. The summed E-state index contributed by atoms with van der Waals surface area (Å²) in [6.07, 6.45) is 2.69. The summed E-state index contributed by atoms with van der Waals surface area (Å²) in [6, 6.07) is 7.54. The number of aliphatic hydroxyl groups is 2. The molecule has 8 heteroatoms. The lowest BCUT2D eigenvalue weighted by molar-refractivity contribution is -0.182. The summed E-state index contributed by atoms with van der Waals surface area (Å²) in [5.74, 6) is -0.272. The predicted molar refractivity (Wildman–Crippen MR) is 143 cm³/mol. The summed E-state index contributed by atoms with van der Waals surface area (Å²) < 4.78 is 0. The van der Waals surface area contributed by atoms with E-state index in [0.717, 1.165) is 50.0 Å². The van der Waals surface area contributed by atoms with Gasteiger partial charge in [-0.1, -0.05) is 32.9 Å². The summed E-state index contributed by atoms with van der Waals surface area (Å²) in [7, 11) is 4.14. The summed E-state index contributed by atoms with van der Waals surface area (Å²) in [5.41, 5.74) is 2.32. The van der Waals surface area contributed by atoms with Crippen molar-refractivity contribution in [2.75, 3.05) is 39.1 Å². The molecule has 36 heavy (non-hydrogen) atoms. The van der Waals surface area contributed by atoms with Gasteiger partial charge in [0.15, 0.2) is 0 Å². The van der Waals surface area contributed by atoms with E-state index in [1.54, 1.807) is 12.0 Å². The molecule has 1 heterocycles. The molecule has 1 amide bonds. The number of amides is 1. The number of aliphatic hydroxyl groups excluding tert-OH is 2. The van der Waals surface area contributed by atoms with Gasteiger partial charge in [-0.3, -0.25) is 9.63 Å². The molecule has 2 fully saturated rings. The Labute approximate surface area is 217 Å². The van der Waals surface area contributed by atoms with Crippen LogP contribution < -0.4 is 10.6 Å². The van der Waals surface area contributed by atoms with Gasteiger partial charge in [0.1, 0.15) is 12.1 Å². The first-order valence-electron chi connectivity index (χ1n) is 13.5. The molecule has 4 N–H and O–H groups in total. The molecule has 8 nitrogen and oxygen atoms in total. The smallest absolute Gasteiger partial charge is 0.240 e. The van der Waals surface area contributed by atoms with E-state index in [0.29, 0.717) is 17.9 Å². The van der Waals surface area contributed by atoms with Crippen LogP contribution in [0.4, 0.5) is 5.69 Å². The van der Waals surface area contributed by atoms with Gasteiger partial charge < -0.3 is 25.7 Å². The zero-order valence-electron chi connectivity index (χ0n) is 23.0. The third-order valence-electron chi connectivity index (χ3n) is 7.78. The van der Waals surface area contributed by atoms with Crippen molar-refractivity contribution < 1.29 is 19.8 Å². The molecule has 0 spiro atoms. The lowest BCUT2D eigenvalue weighted by Gasteiger charge is -2.40. The lowest BCUT2D eigenvalue weighted by Crippen LogP contribution is -2.53. The van der Waals surface area contributed by atoms with Crippen LogP contribution in [0.15, 0.2) is 24.3 Å². The molecular weight excluding hydrogens is 456 g/mol. The van der Waals surface area contributed by atoms with Crippen molar-refractivity contribution in [3.05, 3.63) is 29.8 Å². The molecule has 0 aromatic heterocycles. The molecule has 1 saturated carbocycles. The van der Waals surface area contributed by atoms with E-state index >= 15 is 0 Å². The maximum Gasteiger partial charge on any atom is 0.240 e. The van der Waals surface area contributed by atoms with Crippen molar-refractivity contribution in [1.29, 1.82) is 0 Å². The molecule has 0 bridgehead atoms. The quantitative estimate of drug-likeness (QED) is 0.344. The van der Waals surface area contributed by atoms with Crippen LogP contribution >= 0.6 is 0 Å². The third-order valence-corrected chi connectivity index (χ3v) is 7.78. The van der Waals surface area contributed by atoms with E-state index in [4.69, 9.17) is 4.84 Å². The summed E-state index contributed by atoms with van der Waals surface area (Å²) in [5, 5.41) is 29.0. The highest BCUT2D eigenvalue weighted by Crippen LogP contribution is 2.39. The monoisotopic (exact) mass is 504 g/mol. The fourth-order valence-corrected chi connectivity index (χ4v) is 5.89. The molecule has 1 aliphatic carbocycles. The number of hydrogen-bond donors (Lipinski definition) is 4. The molecule has 2 aliphatic rings. The molecule has 204 valence electrons. The minimum Gasteiger partial charge on any atom is -0.394 e. The van der Waals surface area contributed by atoms with E-state index in [9.17, 15) is 15.0 Å². The summed E-state index contributed by atoms with van der Waals surface area (Å²) in [4.78, 5) is 21.9. The Bertz CT molecular complexity index is 847. The molecule has 3 rings (SSSR count). The number of carbonyl (C=O) groups is 1. The first kappa shape index (κ1) is 28.9. The predicted octanol–water partition coefficient (Wildman–Crippen LogP) is 2.85. The molecule has 1 aromatic carbocycles. The summed E-state index contributed by atoms with van der Waals surface area (Å²) >= 11 is 0. The van der Waals surface area contributed by atoms with E-state index < -0.39 is 24.2 Å². The fourth-order valence-electron chi connectivity index (χ4n) is 5.89. The Morgan fingerprint density at radius 2 is 2.08 bits per heavy atom. The molecule has 6 atom stereocenters. The van der Waals surface area contributed by atoms with E-state index in [1.807, 2.05) is 18.2 Å². The Morgan fingerprint density at radius 1 is 1.33 bits per heavy atom. The van der Waals surface area contributed by atoms with Gasteiger partial charge in [-0.15, -0.1) is 0 Å². The second-order valence-electron chi connectivity index (χ2n) is 11.9. The number of nitrogens with one attached hydrogen (secondary N) is 2. The van der Waals surface area contributed by atoms with Crippen LogP contribution in [-0.4, -0.2) is 84.2 Å². The van der Waals surface area contributed by atoms with Crippen LogP contribution in [0.25, 0.3) is 0 Å². The topological polar surface area (TPSA) is 97.3 Å². The highest BCUT2D eigenvalue weighted by Gasteiger charge is 2.50. The number of rotatable bonds is 11. The first-order valence-corrected chi connectivity index (χ1v) is 13.5. The maximum absolute atomic E-state index is 13.7. The number of hydroxylamine groups is 2. The third kappa shape index (κ3) is 7.65. The molecule has 2 unspecified atom stereocenters. The minimum absolute atomic E-state index is 0.102. The average molecular weight is 505 g/mol. The number of carbonyl (C=O) groups excluding carboxylic acids is 1. The number of anilines is 1. The van der Waals surface area contributed by atoms with Crippen molar-refractivity contribution in [1.82, 2.24) is 15.3 Å². The van der Waals surface area contributed by atoms with Crippen LogP contribution in [0.3, 0.4) is 0 Å². The molecule has 1 aromatic rings. The Morgan fingerprint density at radius 3 is 2.72 bits per heavy atom. The van der Waals surface area contributed by atoms with Crippen LogP contribution in [0.5, 0.6) is 0 Å².